The van der Waals surface area contributed by atoms with E-state index in [1.54, 1.807) is 19.1 Å². The van der Waals surface area contributed by atoms with Crippen LogP contribution in [0.15, 0.2) is 30.3 Å². The first-order valence-electron chi connectivity index (χ1n) is 7.56. The highest BCUT2D eigenvalue weighted by atomic mass is 16.1. The molecule has 0 saturated carbocycles. The minimum absolute atomic E-state index is 0.0619. The third kappa shape index (κ3) is 4.55. The Balaban J connectivity index is 2.09. The third-order valence-electron chi connectivity index (χ3n) is 3.24. The van der Waals surface area contributed by atoms with Gasteiger partial charge in [0.25, 0.3) is 0 Å². The van der Waals surface area contributed by atoms with Crippen LogP contribution in [-0.2, 0) is 0 Å². The molecule has 0 bridgehead atoms. The molecule has 0 spiro atoms. The molecule has 2 aromatic rings. The van der Waals surface area contributed by atoms with Gasteiger partial charge in [0, 0.05) is 23.9 Å². The fraction of sp³-hybridized carbons (Fsp3) is 0.353. The Morgan fingerprint density at radius 1 is 1.14 bits per heavy atom. The summed E-state index contributed by atoms with van der Waals surface area (Å²) in [6.07, 6.45) is 2.25. The number of benzene rings is 1. The molecule has 2 N–H and O–H groups in total. The first kappa shape index (κ1) is 15.9. The van der Waals surface area contributed by atoms with Crippen LogP contribution in [0.4, 0.5) is 17.3 Å². The number of carbonyl (C=O) groups is 1. The molecule has 0 unspecified atom stereocenters. The molecule has 0 atom stereocenters. The molecule has 1 aromatic heterocycles. The quantitative estimate of drug-likeness (QED) is 0.598. The van der Waals surface area contributed by atoms with E-state index >= 15 is 0 Å². The molecule has 5 nitrogen and oxygen atoms in total. The minimum atomic E-state index is 0.0619. The van der Waals surface area contributed by atoms with Gasteiger partial charge in [-0.3, -0.25) is 4.79 Å². The Kier molecular flexibility index (Phi) is 5.47. The van der Waals surface area contributed by atoms with Crippen molar-refractivity contribution in [2.24, 2.45) is 0 Å². The highest BCUT2D eigenvalue weighted by molar-refractivity contribution is 5.94. The molecule has 0 fully saturated rings. The smallest absolute Gasteiger partial charge is 0.159 e. The summed E-state index contributed by atoms with van der Waals surface area (Å²) in [5, 5.41) is 6.54. The number of carbonyl (C=O) groups excluding carboxylic acids is 1. The topological polar surface area (TPSA) is 66.9 Å². The number of nitrogens with one attached hydrogen (secondary N) is 2. The van der Waals surface area contributed by atoms with Crippen molar-refractivity contribution in [1.82, 2.24) is 9.97 Å². The van der Waals surface area contributed by atoms with Crippen LogP contribution in [0, 0.1) is 6.92 Å². The van der Waals surface area contributed by atoms with Gasteiger partial charge < -0.3 is 10.6 Å². The van der Waals surface area contributed by atoms with Gasteiger partial charge in [-0.25, -0.2) is 9.97 Å². The summed E-state index contributed by atoms with van der Waals surface area (Å²) in [6, 6.07) is 9.25. The lowest BCUT2D eigenvalue weighted by Gasteiger charge is -2.10. The molecule has 0 aliphatic rings. The molecule has 0 aliphatic carbocycles. The van der Waals surface area contributed by atoms with Crippen molar-refractivity contribution in [2.45, 2.75) is 33.6 Å². The standard InChI is InChI=1S/C17H22N4O/c1-4-5-10-18-16-11-17(20-13(3)19-16)21-15-8-6-14(7-9-15)12(2)22/h6-9,11H,4-5,10H2,1-3H3,(H2,18,19,20,21). The van der Waals surface area contributed by atoms with Gasteiger partial charge in [0.1, 0.15) is 17.5 Å². The lowest BCUT2D eigenvalue weighted by molar-refractivity contribution is 0.101. The zero-order chi connectivity index (χ0) is 15.9. The number of aryl methyl sites for hydroxylation is 1. The van der Waals surface area contributed by atoms with E-state index in [9.17, 15) is 4.79 Å². The summed E-state index contributed by atoms with van der Waals surface area (Å²) < 4.78 is 0. The second-order valence-corrected chi connectivity index (χ2v) is 5.22. The number of rotatable bonds is 7. The molecular formula is C17H22N4O. The monoisotopic (exact) mass is 298 g/mol. The largest absolute Gasteiger partial charge is 0.370 e. The summed E-state index contributed by atoms with van der Waals surface area (Å²) >= 11 is 0. The lowest BCUT2D eigenvalue weighted by atomic mass is 10.1. The van der Waals surface area contributed by atoms with Gasteiger partial charge in [-0.1, -0.05) is 13.3 Å². The van der Waals surface area contributed by atoms with Crippen LogP contribution in [0.3, 0.4) is 0 Å². The zero-order valence-corrected chi connectivity index (χ0v) is 13.3. The van der Waals surface area contributed by atoms with Gasteiger partial charge in [0.15, 0.2) is 5.78 Å². The Labute approximate surface area is 131 Å². The first-order chi connectivity index (χ1) is 10.6. The van der Waals surface area contributed by atoms with Crippen molar-refractivity contribution in [2.75, 3.05) is 17.2 Å². The molecule has 0 amide bonds. The second kappa shape index (κ2) is 7.54. The van der Waals surface area contributed by atoms with Crippen LogP contribution in [0.1, 0.15) is 42.9 Å². The van der Waals surface area contributed by atoms with Crippen LogP contribution in [0.25, 0.3) is 0 Å². The average molecular weight is 298 g/mol. The SMILES string of the molecule is CCCCNc1cc(Nc2ccc(C(C)=O)cc2)nc(C)n1. The highest BCUT2D eigenvalue weighted by Crippen LogP contribution is 2.18. The van der Waals surface area contributed by atoms with Gasteiger partial charge in [-0.15, -0.1) is 0 Å². The minimum Gasteiger partial charge on any atom is -0.370 e. The number of unbranched alkanes of at least 4 members (excludes halogenated alkanes) is 1. The summed E-state index contributed by atoms with van der Waals surface area (Å²) in [7, 11) is 0. The van der Waals surface area contributed by atoms with Crippen molar-refractivity contribution in [3.8, 4) is 0 Å². The fourth-order valence-corrected chi connectivity index (χ4v) is 2.05. The van der Waals surface area contributed by atoms with Crippen molar-refractivity contribution in [1.29, 1.82) is 0 Å². The van der Waals surface area contributed by atoms with Gasteiger partial charge in [-0.05, 0) is 44.5 Å². The number of aromatic nitrogens is 2. The maximum atomic E-state index is 11.3. The van der Waals surface area contributed by atoms with Crippen LogP contribution >= 0.6 is 0 Å². The summed E-state index contributed by atoms with van der Waals surface area (Å²) in [4.78, 5) is 20.0. The zero-order valence-electron chi connectivity index (χ0n) is 13.3. The molecule has 0 radical (unpaired) electrons. The average Bonchev–Trinajstić information content (AvgIpc) is 2.47. The first-order valence-corrected chi connectivity index (χ1v) is 7.56. The van der Waals surface area contributed by atoms with Gasteiger partial charge in [0.05, 0.1) is 0 Å². The molecule has 1 heterocycles. The number of anilines is 3. The maximum Gasteiger partial charge on any atom is 0.159 e. The molecular weight excluding hydrogens is 276 g/mol. The normalized spacial score (nSPS) is 10.3. The Hall–Kier alpha value is -2.43. The predicted molar refractivity (Wildman–Crippen MR) is 89.9 cm³/mol. The molecule has 1 aromatic carbocycles. The molecule has 22 heavy (non-hydrogen) atoms. The van der Waals surface area contributed by atoms with E-state index in [4.69, 9.17) is 0 Å². The molecule has 0 aliphatic heterocycles. The molecule has 0 saturated heterocycles. The van der Waals surface area contributed by atoms with E-state index in [-0.39, 0.29) is 5.78 Å². The number of hydrogen-bond donors (Lipinski definition) is 2. The van der Waals surface area contributed by atoms with E-state index < -0.39 is 0 Å². The highest BCUT2D eigenvalue weighted by Gasteiger charge is 2.03. The van der Waals surface area contributed by atoms with Crippen molar-refractivity contribution in [3.05, 3.63) is 41.7 Å². The second-order valence-electron chi connectivity index (χ2n) is 5.22. The third-order valence-corrected chi connectivity index (χ3v) is 3.24. The Bertz CT molecular complexity index is 638. The summed E-state index contributed by atoms with van der Waals surface area (Å²) in [5.74, 6) is 2.34. The number of ketones is 1. The van der Waals surface area contributed by atoms with E-state index in [1.165, 1.54) is 0 Å². The van der Waals surface area contributed by atoms with Crippen LogP contribution < -0.4 is 10.6 Å². The van der Waals surface area contributed by atoms with E-state index in [2.05, 4.69) is 27.5 Å². The van der Waals surface area contributed by atoms with E-state index in [0.29, 0.717) is 11.4 Å². The number of hydrogen-bond acceptors (Lipinski definition) is 5. The van der Waals surface area contributed by atoms with Gasteiger partial charge >= 0.3 is 0 Å². The van der Waals surface area contributed by atoms with Crippen LogP contribution in [0.5, 0.6) is 0 Å². The van der Waals surface area contributed by atoms with Crippen molar-refractivity contribution in [3.63, 3.8) is 0 Å². The van der Waals surface area contributed by atoms with Crippen molar-refractivity contribution < 1.29 is 4.79 Å². The van der Waals surface area contributed by atoms with Gasteiger partial charge in [0.2, 0.25) is 0 Å². The summed E-state index contributed by atoms with van der Waals surface area (Å²) in [6.45, 7) is 6.49. The maximum absolute atomic E-state index is 11.3. The van der Waals surface area contributed by atoms with Crippen molar-refractivity contribution >= 4 is 23.1 Å². The van der Waals surface area contributed by atoms with Crippen LogP contribution in [-0.4, -0.2) is 22.3 Å². The van der Waals surface area contributed by atoms with E-state index in [0.717, 1.165) is 36.7 Å². The Morgan fingerprint density at radius 3 is 2.45 bits per heavy atom. The molecule has 2 rings (SSSR count). The van der Waals surface area contributed by atoms with Gasteiger partial charge in [-0.2, -0.15) is 0 Å². The number of Topliss-reactive ketones (excluding diaryl/α,β-unsaturated/α-hetero) is 1. The predicted octanol–water partition coefficient (Wildman–Crippen LogP) is 3.94. The summed E-state index contributed by atoms with van der Waals surface area (Å²) in [5.41, 5.74) is 1.59. The lowest BCUT2D eigenvalue weighted by Crippen LogP contribution is -2.06. The number of nitrogens with zero attached hydrogens (tertiary/aromatic N) is 2. The Morgan fingerprint density at radius 2 is 1.82 bits per heavy atom. The van der Waals surface area contributed by atoms with Crippen LogP contribution in [0.2, 0.25) is 0 Å². The fourth-order valence-electron chi connectivity index (χ4n) is 2.05. The van der Waals surface area contributed by atoms with E-state index in [1.807, 2.05) is 25.1 Å². The molecule has 5 heteroatoms. The molecule has 116 valence electrons.